The smallest absolute Gasteiger partial charge is 0.207 e. The highest BCUT2D eigenvalue weighted by Gasteiger charge is 2.24. The van der Waals surface area contributed by atoms with Crippen molar-refractivity contribution in [2.75, 3.05) is 43.4 Å². The Morgan fingerprint density at radius 1 is 1.32 bits per heavy atom. The van der Waals surface area contributed by atoms with E-state index in [1.165, 1.54) is 0 Å². The number of pyridine rings is 2. The SMILES string of the molecule is CC[C@H](C)Nc1cc(N2CCCc3cc(CCN(C)CCNC=O)c(C=O)nc32)ncc1C#N. The molecule has 3 heterocycles. The third-order valence-electron chi connectivity index (χ3n) is 6.17. The van der Waals surface area contributed by atoms with Crippen LogP contribution in [0.5, 0.6) is 0 Å². The Labute approximate surface area is 201 Å². The molecule has 2 aromatic heterocycles. The third-order valence-corrected chi connectivity index (χ3v) is 6.17. The average Bonchev–Trinajstić information content (AvgIpc) is 2.86. The molecule has 0 saturated heterocycles. The van der Waals surface area contributed by atoms with Crippen LogP contribution in [0.15, 0.2) is 18.3 Å². The second-order valence-corrected chi connectivity index (χ2v) is 8.67. The number of nitrogens with zero attached hydrogens (tertiary/aromatic N) is 5. The molecule has 0 radical (unpaired) electrons. The maximum Gasteiger partial charge on any atom is 0.207 e. The van der Waals surface area contributed by atoms with Gasteiger partial charge in [0.2, 0.25) is 6.41 Å². The van der Waals surface area contributed by atoms with Gasteiger partial charge in [-0.3, -0.25) is 9.59 Å². The normalized spacial score (nSPS) is 13.7. The molecular formula is C25H33N7O2. The summed E-state index contributed by atoms with van der Waals surface area (Å²) in [6, 6.07) is 6.43. The van der Waals surface area contributed by atoms with Crippen LogP contribution in [0.3, 0.4) is 0 Å². The summed E-state index contributed by atoms with van der Waals surface area (Å²) in [6.45, 7) is 6.99. The van der Waals surface area contributed by atoms with Crippen LogP contribution < -0.4 is 15.5 Å². The number of hydrogen-bond acceptors (Lipinski definition) is 8. The van der Waals surface area contributed by atoms with Gasteiger partial charge in [-0.15, -0.1) is 0 Å². The maximum atomic E-state index is 11.9. The highest BCUT2D eigenvalue weighted by Crippen LogP contribution is 2.34. The Kier molecular flexibility index (Phi) is 8.93. The first-order chi connectivity index (χ1) is 16.5. The molecule has 0 saturated carbocycles. The van der Waals surface area contributed by atoms with Crippen LogP contribution >= 0.6 is 0 Å². The molecule has 9 nitrogen and oxygen atoms in total. The van der Waals surface area contributed by atoms with Crippen LogP contribution in [0.25, 0.3) is 0 Å². The van der Waals surface area contributed by atoms with Crippen molar-refractivity contribution in [3.63, 3.8) is 0 Å². The van der Waals surface area contributed by atoms with Crippen molar-refractivity contribution in [1.29, 1.82) is 5.26 Å². The molecule has 0 spiro atoms. The molecule has 1 aliphatic rings. The van der Waals surface area contributed by atoms with Crippen molar-refractivity contribution < 1.29 is 9.59 Å². The van der Waals surface area contributed by atoms with Gasteiger partial charge in [-0.2, -0.15) is 5.26 Å². The zero-order valence-electron chi connectivity index (χ0n) is 20.2. The van der Waals surface area contributed by atoms with Crippen molar-refractivity contribution in [3.05, 3.63) is 40.7 Å². The van der Waals surface area contributed by atoms with Gasteiger partial charge >= 0.3 is 0 Å². The predicted molar refractivity (Wildman–Crippen MR) is 133 cm³/mol. The molecule has 1 atom stereocenters. The number of anilines is 3. The molecule has 0 aromatic carbocycles. The average molecular weight is 464 g/mol. The van der Waals surface area contributed by atoms with Gasteiger partial charge in [0, 0.05) is 44.5 Å². The minimum atomic E-state index is 0.227. The Balaban J connectivity index is 1.86. The summed E-state index contributed by atoms with van der Waals surface area (Å²) in [5.74, 6) is 1.47. The van der Waals surface area contributed by atoms with Gasteiger partial charge in [0.05, 0.1) is 11.3 Å². The Morgan fingerprint density at radius 3 is 2.85 bits per heavy atom. The van der Waals surface area contributed by atoms with E-state index in [-0.39, 0.29) is 6.04 Å². The summed E-state index contributed by atoms with van der Waals surface area (Å²) < 4.78 is 0. The molecule has 1 aliphatic heterocycles. The summed E-state index contributed by atoms with van der Waals surface area (Å²) in [5.41, 5.74) is 3.73. The van der Waals surface area contributed by atoms with E-state index < -0.39 is 0 Å². The number of carbonyl (C=O) groups is 2. The number of likely N-dealkylation sites (N-methyl/N-ethyl adjacent to an activating group) is 1. The van der Waals surface area contributed by atoms with Crippen molar-refractivity contribution in [2.24, 2.45) is 0 Å². The fourth-order valence-corrected chi connectivity index (χ4v) is 3.99. The van der Waals surface area contributed by atoms with Crippen molar-refractivity contribution in [2.45, 2.75) is 45.6 Å². The molecule has 1 amide bonds. The van der Waals surface area contributed by atoms with Gasteiger partial charge in [-0.05, 0) is 56.8 Å². The zero-order valence-corrected chi connectivity index (χ0v) is 20.2. The maximum absolute atomic E-state index is 11.9. The number of aldehydes is 1. The molecule has 2 N–H and O–H groups in total. The summed E-state index contributed by atoms with van der Waals surface area (Å²) >= 11 is 0. The van der Waals surface area contributed by atoms with Gasteiger partial charge in [0.15, 0.2) is 6.29 Å². The number of aromatic nitrogens is 2. The Hall–Kier alpha value is -3.51. The number of aryl methyl sites for hydroxylation is 1. The summed E-state index contributed by atoms with van der Waals surface area (Å²) in [4.78, 5) is 35.8. The molecule has 0 bridgehead atoms. The van der Waals surface area contributed by atoms with E-state index in [0.29, 0.717) is 36.5 Å². The monoisotopic (exact) mass is 463 g/mol. The molecule has 0 unspecified atom stereocenters. The van der Waals surface area contributed by atoms with Crippen molar-refractivity contribution >= 4 is 30.0 Å². The summed E-state index contributed by atoms with van der Waals surface area (Å²) in [5, 5.41) is 15.6. The minimum Gasteiger partial charge on any atom is -0.381 e. The Bertz CT molecular complexity index is 1050. The van der Waals surface area contributed by atoms with Gasteiger partial charge in [0.1, 0.15) is 23.4 Å². The van der Waals surface area contributed by atoms with Gasteiger partial charge < -0.3 is 20.4 Å². The van der Waals surface area contributed by atoms with Crippen LogP contribution in [0, 0.1) is 11.3 Å². The molecular weight excluding hydrogens is 430 g/mol. The van der Waals surface area contributed by atoms with E-state index in [1.807, 2.05) is 18.0 Å². The number of rotatable bonds is 12. The second-order valence-electron chi connectivity index (χ2n) is 8.67. The van der Waals surface area contributed by atoms with E-state index in [4.69, 9.17) is 4.98 Å². The van der Waals surface area contributed by atoms with Crippen LogP contribution in [0.4, 0.5) is 17.3 Å². The number of amides is 1. The third kappa shape index (κ3) is 6.08. The first-order valence-electron chi connectivity index (χ1n) is 11.8. The van der Waals surface area contributed by atoms with Crippen LogP contribution in [0.2, 0.25) is 0 Å². The number of carbonyl (C=O) groups excluding carboxylic acids is 2. The zero-order chi connectivity index (χ0) is 24.5. The number of fused-ring (bicyclic) bond motifs is 1. The fourth-order valence-electron chi connectivity index (χ4n) is 3.99. The van der Waals surface area contributed by atoms with Gasteiger partial charge in [0.25, 0.3) is 0 Å². The lowest BCUT2D eigenvalue weighted by atomic mass is 10.00. The van der Waals surface area contributed by atoms with Gasteiger partial charge in [-0.25, -0.2) is 9.97 Å². The molecule has 9 heteroatoms. The molecule has 180 valence electrons. The molecule has 0 fully saturated rings. The summed E-state index contributed by atoms with van der Waals surface area (Å²) in [6.07, 6.45) is 6.58. The highest BCUT2D eigenvalue weighted by molar-refractivity contribution is 5.77. The number of nitriles is 1. The van der Waals surface area contributed by atoms with E-state index >= 15 is 0 Å². The molecule has 34 heavy (non-hydrogen) atoms. The highest BCUT2D eigenvalue weighted by atomic mass is 16.1. The standard InChI is InChI=1S/C25H33N7O2/c1-4-18(2)29-22-13-24(28-15-21(22)14-26)32-9-5-6-20-12-19(23(16-33)30-25(20)32)7-10-31(3)11-8-27-17-34/h12-13,15-18H,4-11H2,1-3H3,(H,27,34)(H,28,29)/t18-/m0/s1. The Morgan fingerprint density at radius 2 is 2.15 bits per heavy atom. The quantitative estimate of drug-likeness (QED) is 0.365. The number of nitrogens with one attached hydrogen (secondary N) is 2. The van der Waals surface area contributed by atoms with Crippen molar-refractivity contribution in [1.82, 2.24) is 20.2 Å². The molecule has 2 aromatic rings. The van der Waals surface area contributed by atoms with Crippen LogP contribution in [0.1, 0.15) is 53.9 Å². The second kappa shape index (κ2) is 12.1. The first-order valence-corrected chi connectivity index (χ1v) is 11.8. The van der Waals surface area contributed by atoms with Gasteiger partial charge in [-0.1, -0.05) is 6.92 Å². The minimum absolute atomic E-state index is 0.227. The van der Waals surface area contributed by atoms with Crippen molar-refractivity contribution in [3.8, 4) is 6.07 Å². The lowest BCUT2D eigenvalue weighted by Crippen LogP contribution is -2.30. The largest absolute Gasteiger partial charge is 0.381 e. The first kappa shape index (κ1) is 25.1. The molecule has 3 rings (SSSR count). The van der Waals surface area contributed by atoms with E-state index in [0.717, 1.165) is 67.8 Å². The van der Waals surface area contributed by atoms with Crippen LogP contribution in [-0.2, 0) is 17.6 Å². The topological polar surface area (TPSA) is 114 Å². The fraction of sp³-hybridized carbons (Fsp3) is 0.480. The van der Waals surface area contributed by atoms with E-state index in [1.54, 1.807) is 6.20 Å². The molecule has 0 aliphatic carbocycles. The van der Waals surface area contributed by atoms with E-state index in [9.17, 15) is 14.9 Å². The lowest BCUT2D eigenvalue weighted by Gasteiger charge is -2.30. The summed E-state index contributed by atoms with van der Waals surface area (Å²) in [7, 11) is 1.99. The lowest BCUT2D eigenvalue weighted by molar-refractivity contribution is -0.109. The van der Waals surface area contributed by atoms with Crippen LogP contribution in [-0.4, -0.2) is 66.8 Å². The number of hydrogen-bond donors (Lipinski definition) is 2. The predicted octanol–water partition coefficient (Wildman–Crippen LogP) is 2.68. The van der Waals surface area contributed by atoms with E-state index in [2.05, 4.69) is 46.5 Å².